The standard InChI is InChI=1S/C10H20N2O2/c13-10(14)4-2-6-12-8-9-3-1-5-11-7-9/h9,11-12H,1-8H2,(H,13,14). The summed E-state index contributed by atoms with van der Waals surface area (Å²) in [5.41, 5.74) is 0. The summed E-state index contributed by atoms with van der Waals surface area (Å²) in [6, 6.07) is 0. The van der Waals surface area contributed by atoms with Crippen molar-refractivity contribution in [3.63, 3.8) is 0 Å². The van der Waals surface area contributed by atoms with Crippen LogP contribution in [0.1, 0.15) is 25.7 Å². The summed E-state index contributed by atoms with van der Waals surface area (Å²) >= 11 is 0. The Morgan fingerprint density at radius 2 is 2.43 bits per heavy atom. The van der Waals surface area contributed by atoms with Crippen molar-refractivity contribution in [2.45, 2.75) is 25.7 Å². The summed E-state index contributed by atoms with van der Waals surface area (Å²) in [4.78, 5) is 10.2. The molecule has 0 saturated carbocycles. The summed E-state index contributed by atoms with van der Waals surface area (Å²) in [5, 5.41) is 15.1. The second kappa shape index (κ2) is 6.79. The molecule has 1 heterocycles. The van der Waals surface area contributed by atoms with Crippen molar-refractivity contribution in [2.75, 3.05) is 26.2 Å². The summed E-state index contributed by atoms with van der Waals surface area (Å²) in [5.74, 6) is 0.0275. The van der Waals surface area contributed by atoms with Crippen LogP contribution in [-0.4, -0.2) is 37.3 Å². The van der Waals surface area contributed by atoms with E-state index < -0.39 is 5.97 Å². The highest BCUT2D eigenvalue weighted by molar-refractivity contribution is 5.66. The molecular formula is C10H20N2O2. The molecule has 0 amide bonds. The molecule has 1 aliphatic rings. The number of carboxylic acid groups (broad SMARTS) is 1. The number of aliphatic carboxylic acids is 1. The van der Waals surface area contributed by atoms with Crippen LogP contribution in [0.25, 0.3) is 0 Å². The van der Waals surface area contributed by atoms with Gasteiger partial charge < -0.3 is 15.7 Å². The van der Waals surface area contributed by atoms with Gasteiger partial charge >= 0.3 is 5.97 Å². The lowest BCUT2D eigenvalue weighted by atomic mass is 10.00. The maximum atomic E-state index is 10.2. The molecule has 1 saturated heterocycles. The summed E-state index contributed by atoms with van der Waals surface area (Å²) in [6.07, 6.45) is 3.56. The van der Waals surface area contributed by atoms with Crippen LogP contribution in [0, 0.1) is 5.92 Å². The SMILES string of the molecule is O=C(O)CCCNCC1CCCNC1. The normalized spacial score (nSPS) is 22.1. The highest BCUT2D eigenvalue weighted by atomic mass is 16.4. The highest BCUT2D eigenvalue weighted by Gasteiger charge is 2.11. The Morgan fingerprint density at radius 1 is 1.57 bits per heavy atom. The van der Waals surface area contributed by atoms with Gasteiger partial charge in [-0.2, -0.15) is 0 Å². The molecule has 0 spiro atoms. The minimum absolute atomic E-state index is 0.274. The molecule has 0 aromatic rings. The van der Waals surface area contributed by atoms with Gasteiger partial charge in [-0.25, -0.2) is 0 Å². The molecule has 1 fully saturated rings. The van der Waals surface area contributed by atoms with Gasteiger partial charge in [0.15, 0.2) is 0 Å². The van der Waals surface area contributed by atoms with Crippen molar-refractivity contribution in [3.8, 4) is 0 Å². The van der Waals surface area contributed by atoms with E-state index in [0.717, 1.165) is 38.5 Å². The molecular weight excluding hydrogens is 180 g/mol. The molecule has 4 heteroatoms. The predicted molar refractivity (Wildman–Crippen MR) is 55.3 cm³/mol. The summed E-state index contributed by atoms with van der Waals surface area (Å²) < 4.78 is 0. The third-order valence-corrected chi connectivity index (χ3v) is 2.58. The van der Waals surface area contributed by atoms with Crippen molar-refractivity contribution < 1.29 is 9.90 Å². The van der Waals surface area contributed by atoms with Crippen LogP contribution < -0.4 is 10.6 Å². The van der Waals surface area contributed by atoms with Crippen LogP contribution in [0.2, 0.25) is 0 Å². The molecule has 4 nitrogen and oxygen atoms in total. The topological polar surface area (TPSA) is 61.4 Å². The van der Waals surface area contributed by atoms with Crippen LogP contribution in [0.15, 0.2) is 0 Å². The van der Waals surface area contributed by atoms with E-state index in [1.54, 1.807) is 0 Å². The van der Waals surface area contributed by atoms with Crippen molar-refractivity contribution >= 4 is 5.97 Å². The molecule has 1 aliphatic heterocycles. The number of rotatable bonds is 6. The first kappa shape index (κ1) is 11.5. The first-order chi connectivity index (χ1) is 6.79. The summed E-state index contributed by atoms with van der Waals surface area (Å²) in [6.45, 7) is 4.09. The van der Waals surface area contributed by atoms with Gasteiger partial charge in [0, 0.05) is 6.42 Å². The fourth-order valence-electron chi connectivity index (χ4n) is 1.77. The van der Waals surface area contributed by atoms with E-state index in [-0.39, 0.29) is 6.42 Å². The Balaban J connectivity index is 1.90. The van der Waals surface area contributed by atoms with E-state index in [1.165, 1.54) is 12.8 Å². The van der Waals surface area contributed by atoms with Gasteiger partial charge in [-0.05, 0) is 51.4 Å². The van der Waals surface area contributed by atoms with Crippen LogP contribution in [0.3, 0.4) is 0 Å². The molecule has 0 aromatic carbocycles. The molecule has 82 valence electrons. The molecule has 1 rings (SSSR count). The number of hydrogen-bond acceptors (Lipinski definition) is 3. The number of nitrogens with one attached hydrogen (secondary N) is 2. The van der Waals surface area contributed by atoms with Gasteiger partial charge in [0.2, 0.25) is 0 Å². The van der Waals surface area contributed by atoms with Crippen LogP contribution in [0.4, 0.5) is 0 Å². The Bertz CT molecular complexity index is 168. The summed E-state index contributed by atoms with van der Waals surface area (Å²) in [7, 11) is 0. The number of carbonyl (C=O) groups is 1. The highest BCUT2D eigenvalue weighted by Crippen LogP contribution is 2.07. The Morgan fingerprint density at radius 3 is 3.07 bits per heavy atom. The third kappa shape index (κ3) is 5.19. The molecule has 1 unspecified atom stereocenters. The van der Waals surface area contributed by atoms with E-state index in [1.807, 2.05) is 0 Å². The van der Waals surface area contributed by atoms with Gasteiger partial charge in [-0.1, -0.05) is 0 Å². The van der Waals surface area contributed by atoms with Gasteiger partial charge in [0.05, 0.1) is 0 Å². The zero-order valence-corrected chi connectivity index (χ0v) is 8.59. The van der Waals surface area contributed by atoms with Crippen molar-refractivity contribution in [1.82, 2.24) is 10.6 Å². The maximum absolute atomic E-state index is 10.2. The fourth-order valence-corrected chi connectivity index (χ4v) is 1.77. The van der Waals surface area contributed by atoms with Crippen molar-refractivity contribution in [2.24, 2.45) is 5.92 Å². The zero-order chi connectivity index (χ0) is 10.2. The third-order valence-electron chi connectivity index (χ3n) is 2.58. The van der Waals surface area contributed by atoms with Crippen LogP contribution in [-0.2, 0) is 4.79 Å². The largest absolute Gasteiger partial charge is 0.481 e. The second-order valence-electron chi connectivity index (χ2n) is 3.91. The molecule has 14 heavy (non-hydrogen) atoms. The Labute approximate surface area is 85.1 Å². The lowest BCUT2D eigenvalue weighted by Crippen LogP contribution is -2.36. The van der Waals surface area contributed by atoms with Crippen molar-refractivity contribution in [1.29, 1.82) is 0 Å². The molecule has 1 atom stereocenters. The molecule has 0 bridgehead atoms. The predicted octanol–water partition coefficient (Wildman–Crippen LogP) is 0.440. The lowest BCUT2D eigenvalue weighted by molar-refractivity contribution is -0.137. The van der Waals surface area contributed by atoms with E-state index in [9.17, 15) is 4.79 Å². The first-order valence-electron chi connectivity index (χ1n) is 5.42. The first-order valence-corrected chi connectivity index (χ1v) is 5.42. The fraction of sp³-hybridized carbons (Fsp3) is 0.900. The van der Waals surface area contributed by atoms with Crippen LogP contribution >= 0.6 is 0 Å². The minimum Gasteiger partial charge on any atom is -0.481 e. The van der Waals surface area contributed by atoms with Gasteiger partial charge in [0.1, 0.15) is 0 Å². The van der Waals surface area contributed by atoms with E-state index in [0.29, 0.717) is 0 Å². The minimum atomic E-state index is -0.703. The molecule has 0 aliphatic carbocycles. The van der Waals surface area contributed by atoms with E-state index in [4.69, 9.17) is 5.11 Å². The number of piperidine rings is 1. The average molecular weight is 200 g/mol. The van der Waals surface area contributed by atoms with Gasteiger partial charge in [-0.3, -0.25) is 4.79 Å². The average Bonchev–Trinajstić information content (AvgIpc) is 2.18. The Hall–Kier alpha value is -0.610. The smallest absolute Gasteiger partial charge is 0.303 e. The van der Waals surface area contributed by atoms with Crippen molar-refractivity contribution in [3.05, 3.63) is 0 Å². The van der Waals surface area contributed by atoms with Gasteiger partial charge in [0.25, 0.3) is 0 Å². The lowest BCUT2D eigenvalue weighted by Gasteiger charge is -2.22. The van der Waals surface area contributed by atoms with Gasteiger partial charge in [-0.15, -0.1) is 0 Å². The quantitative estimate of drug-likeness (QED) is 0.544. The second-order valence-corrected chi connectivity index (χ2v) is 3.91. The maximum Gasteiger partial charge on any atom is 0.303 e. The number of carboxylic acids is 1. The Kier molecular flexibility index (Phi) is 5.56. The number of hydrogen-bond donors (Lipinski definition) is 3. The zero-order valence-electron chi connectivity index (χ0n) is 8.59. The van der Waals surface area contributed by atoms with E-state index in [2.05, 4.69) is 10.6 Å². The molecule has 0 aromatic heterocycles. The molecule has 0 radical (unpaired) electrons. The molecule has 3 N–H and O–H groups in total. The van der Waals surface area contributed by atoms with Crippen LogP contribution in [0.5, 0.6) is 0 Å². The van der Waals surface area contributed by atoms with E-state index >= 15 is 0 Å². The monoisotopic (exact) mass is 200 g/mol.